The first kappa shape index (κ1) is 26.6. The summed E-state index contributed by atoms with van der Waals surface area (Å²) in [5.41, 5.74) is 10.9. The summed E-state index contributed by atoms with van der Waals surface area (Å²) < 4.78 is 0. The van der Waals surface area contributed by atoms with Crippen LogP contribution >= 0.6 is 12.6 Å². The first-order valence-electron chi connectivity index (χ1n) is 8.95. The molecule has 0 aliphatic carbocycles. The van der Waals surface area contributed by atoms with Crippen molar-refractivity contribution in [1.29, 1.82) is 0 Å². The molecule has 0 spiro atoms. The van der Waals surface area contributed by atoms with Gasteiger partial charge in [0.2, 0.25) is 17.7 Å². The Bertz CT molecular complexity index is 604. The molecule has 0 heterocycles. The Labute approximate surface area is 173 Å². The second kappa shape index (κ2) is 13.7. The number of carboxylic acids is 2. The van der Waals surface area contributed by atoms with Crippen molar-refractivity contribution < 1.29 is 34.2 Å². The zero-order chi connectivity index (χ0) is 22.6. The predicted octanol–water partition coefficient (Wildman–Crippen LogP) is -2.59. The summed E-state index contributed by atoms with van der Waals surface area (Å²) in [6.45, 7) is 1.63. The maximum absolute atomic E-state index is 12.6. The summed E-state index contributed by atoms with van der Waals surface area (Å²) in [6, 6.07) is -4.75. The van der Waals surface area contributed by atoms with Crippen molar-refractivity contribution in [2.75, 3.05) is 12.3 Å². The minimum absolute atomic E-state index is 0.119. The average Bonchev–Trinajstić information content (AvgIpc) is 2.64. The number of hydrogen-bond donors (Lipinski definition) is 8. The normalized spacial score (nSPS) is 14.8. The Kier molecular flexibility index (Phi) is 12.6. The highest BCUT2D eigenvalue weighted by atomic mass is 32.1. The lowest BCUT2D eigenvalue weighted by molar-refractivity contribution is -0.141. The van der Waals surface area contributed by atoms with E-state index in [4.69, 9.17) is 21.7 Å². The number of aliphatic carboxylic acids is 2. The fraction of sp³-hybridized carbons (Fsp3) is 0.688. The van der Waals surface area contributed by atoms with Gasteiger partial charge in [0.1, 0.15) is 18.1 Å². The topological polar surface area (TPSA) is 214 Å². The number of nitrogens with one attached hydrogen (secondary N) is 3. The standard InChI is InChI=1S/C16H29N5O7S/c1-8(16(27)28)19-15(26)11(7-29)21-14(25)10(4-2-3-5-17)20-13(24)9(18)6-12(22)23/h8-11,29H,2-7,17-18H2,1H3,(H,19,26)(H,20,24)(H,21,25)(H,22,23)(H,27,28). The second-order valence-corrected chi connectivity index (χ2v) is 6.73. The zero-order valence-corrected chi connectivity index (χ0v) is 17.0. The van der Waals surface area contributed by atoms with E-state index in [1.807, 2.05) is 0 Å². The van der Waals surface area contributed by atoms with Crippen LogP contribution in [0.2, 0.25) is 0 Å². The number of thiol groups is 1. The van der Waals surface area contributed by atoms with Crippen molar-refractivity contribution in [3.8, 4) is 0 Å². The summed E-state index contributed by atoms with van der Waals surface area (Å²) in [5.74, 6) is -4.93. The van der Waals surface area contributed by atoms with Crippen molar-refractivity contribution in [2.45, 2.75) is 56.8 Å². The average molecular weight is 436 g/mol. The molecule has 0 rings (SSSR count). The van der Waals surface area contributed by atoms with Gasteiger partial charge in [0.05, 0.1) is 12.5 Å². The van der Waals surface area contributed by atoms with Gasteiger partial charge in [-0.25, -0.2) is 0 Å². The highest BCUT2D eigenvalue weighted by Crippen LogP contribution is 2.04. The van der Waals surface area contributed by atoms with Gasteiger partial charge in [-0.3, -0.25) is 24.0 Å². The fourth-order valence-corrected chi connectivity index (χ4v) is 2.42. The number of hydrogen-bond acceptors (Lipinski definition) is 8. The summed E-state index contributed by atoms with van der Waals surface area (Å²) in [6.07, 6.45) is 0.628. The molecule has 0 aromatic rings. The third-order valence-corrected chi connectivity index (χ3v) is 4.22. The van der Waals surface area contributed by atoms with Gasteiger partial charge < -0.3 is 37.6 Å². The molecule has 13 heteroatoms. The van der Waals surface area contributed by atoms with Gasteiger partial charge in [0, 0.05) is 5.75 Å². The molecule has 0 bridgehead atoms. The molecule has 0 saturated heterocycles. The van der Waals surface area contributed by atoms with Gasteiger partial charge in [-0.05, 0) is 32.7 Å². The molecule has 166 valence electrons. The number of carbonyl (C=O) groups is 5. The van der Waals surface area contributed by atoms with Crippen LogP contribution in [0.15, 0.2) is 0 Å². The number of carbonyl (C=O) groups excluding carboxylic acids is 3. The largest absolute Gasteiger partial charge is 0.481 e. The maximum Gasteiger partial charge on any atom is 0.325 e. The van der Waals surface area contributed by atoms with Gasteiger partial charge in [-0.1, -0.05) is 0 Å². The van der Waals surface area contributed by atoms with Crippen LogP contribution in [0.1, 0.15) is 32.6 Å². The van der Waals surface area contributed by atoms with Crippen LogP contribution in [0.25, 0.3) is 0 Å². The molecule has 0 fully saturated rings. The van der Waals surface area contributed by atoms with Crippen molar-refractivity contribution in [2.24, 2.45) is 11.5 Å². The van der Waals surface area contributed by atoms with E-state index in [2.05, 4.69) is 28.6 Å². The summed E-state index contributed by atoms with van der Waals surface area (Å²) >= 11 is 3.99. The van der Waals surface area contributed by atoms with E-state index in [0.717, 1.165) is 0 Å². The van der Waals surface area contributed by atoms with Gasteiger partial charge in [-0.2, -0.15) is 12.6 Å². The molecule has 0 aromatic carbocycles. The van der Waals surface area contributed by atoms with Crippen molar-refractivity contribution in [3.05, 3.63) is 0 Å². The van der Waals surface area contributed by atoms with Crippen LogP contribution in [0.5, 0.6) is 0 Å². The van der Waals surface area contributed by atoms with E-state index >= 15 is 0 Å². The van der Waals surface area contributed by atoms with Gasteiger partial charge in [0.25, 0.3) is 0 Å². The Morgan fingerprint density at radius 2 is 1.48 bits per heavy atom. The minimum atomic E-state index is -1.35. The maximum atomic E-state index is 12.6. The number of nitrogens with two attached hydrogens (primary N) is 2. The second-order valence-electron chi connectivity index (χ2n) is 6.36. The smallest absolute Gasteiger partial charge is 0.325 e. The Balaban J connectivity index is 5.11. The number of carboxylic acid groups (broad SMARTS) is 2. The molecule has 12 nitrogen and oxygen atoms in total. The van der Waals surface area contributed by atoms with E-state index in [1.165, 1.54) is 6.92 Å². The summed E-state index contributed by atoms with van der Waals surface area (Å²) in [4.78, 5) is 58.3. The number of unbranched alkanes of at least 4 members (excludes halogenated alkanes) is 1. The van der Waals surface area contributed by atoms with Crippen LogP contribution in [-0.2, 0) is 24.0 Å². The van der Waals surface area contributed by atoms with E-state index in [1.54, 1.807) is 0 Å². The lowest BCUT2D eigenvalue weighted by atomic mass is 10.1. The van der Waals surface area contributed by atoms with Gasteiger partial charge in [-0.15, -0.1) is 0 Å². The molecule has 0 saturated carbocycles. The van der Waals surface area contributed by atoms with E-state index in [0.29, 0.717) is 19.4 Å². The van der Waals surface area contributed by atoms with E-state index in [-0.39, 0.29) is 12.2 Å². The Morgan fingerprint density at radius 1 is 0.931 bits per heavy atom. The van der Waals surface area contributed by atoms with Crippen LogP contribution < -0.4 is 27.4 Å². The molecule has 9 N–H and O–H groups in total. The molecular formula is C16H29N5O7S. The molecule has 0 radical (unpaired) electrons. The molecule has 3 amide bonds. The molecule has 0 aliphatic rings. The molecular weight excluding hydrogens is 406 g/mol. The third kappa shape index (κ3) is 10.7. The van der Waals surface area contributed by atoms with Crippen LogP contribution in [0.4, 0.5) is 0 Å². The first-order valence-corrected chi connectivity index (χ1v) is 9.58. The highest BCUT2D eigenvalue weighted by Gasteiger charge is 2.29. The third-order valence-electron chi connectivity index (χ3n) is 3.86. The van der Waals surface area contributed by atoms with Crippen LogP contribution in [0.3, 0.4) is 0 Å². The van der Waals surface area contributed by atoms with Crippen molar-refractivity contribution in [3.63, 3.8) is 0 Å². The summed E-state index contributed by atoms with van der Waals surface area (Å²) in [7, 11) is 0. The monoisotopic (exact) mass is 435 g/mol. The number of rotatable bonds is 14. The fourth-order valence-electron chi connectivity index (χ4n) is 2.16. The SMILES string of the molecule is CC(NC(=O)C(CS)NC(=O)C(CCCCN)NC(=O)C(N)CC(=O)O)C(=O)O. The molecule has 0 aromatic heterocycles. The lowest BCUT2D eigenvalue weighted by Gasteiger charge is -2.23. The zero-order valence-electron chi connectivity index (χ0n) is 16.1. The van der Waals surface area contributed by atoms with Crippen molar-refractivity contribution >= 4 is 42.3 Å². The molecule has 29 heavy (non-hydrogen) atoms. The Hall–Kier alpha value is -2.38. The highest BCUT2D eigenvalue weighted by molar-refractivity contribution is 7.80. The summed E-state index contributed by atoms with van der Waals surface area (Å²) in [5, 5.41) is 24.6. The Morgan fingerprint density at radius 3 is 1.97 bits per heavy atom. The molecule has 4 atom stereocenters. The van der Waals surface area contributed by atoms with E-state index in [9.17, 15) is 24.0 Å². The number of amides is 3. The molecule has 4 unspecified atom stereocenters. The van der Waals surface area contributed by atoms with Crippen molar-refractivity contribution in [1.82, 2.24) is 16.0 Å². The first-order chi connectivity index (χ1) is 13.5. The molecule has 0 aliphatic heterocycles. The van der Waals surface area contributed by atoms with Crippen LogP contribution in [-0.4, -0.2) is 76.3 Å². The van der Waals surface area contributed by atoms with E-state index < -0.39 is 60.2 Å². The van der Waals surface area contributed by atoms with Crippen LogP contribution in [0, 0.1) is 0 Å². The minimum Gasteiger partial charge on any atom is -0.481 e. The van der Waals surface area contributed by atoms with Gasteiger partial charge in [0.15, 0.2) is 0 Å². The lowest BCUT2D eigenvalue weighted by Crippen LogP contribution is -2.57. The quantitative estimate of drug-likeness (QED) is 0.106. The predicted molar refractivity (Wildman–Crippen MR) is 106 cm³/mol. The van der Waals surface area contributed by atoms with Gasteiger partial charge >= 0.3 is 11.9 Å².